The minimum atomic E-state index is 0.142. The van der Waals surface area contributed by atoms with E-state index < -0.39 is 0 Å². The molecule has 3 heteroatoms. The van der Waals surface area contributed by atoms with Crippen molar-refractivity contribution < 1.29 is 4.79 Å². The van der Waals surface area contributed by atoms with Gasteiger partial charge in [0.1, 0.15) is 0 Å². The van der Waals surface area contributed by atoms with E-state index in [-0.39, 0.29) is 5.91 Å². The average molecular weight is 346 g/mol. The number of benzene rings is 2. The SMILES string of the molecule is O=C(Cc1ccc2ccccc2c1)NC1CCC(Br)CC1. The minimum absolute atomic E-state index is 0.142. The Morgan fingerprint density at radius 2 is 1.76 bits per heavy atom. The van der Waals surface area contributed by atoms with Crippen LogP contribution in [0.15, 0.2) is 42.5 Å². The summed E-state index contributed by atoms with van der Waals surface area (Å²) in [6, 6.07) is 14.9. The van der Waals surface area contributed by atoms with Crippen LogP contribution >= 0.6 is 15.9 Å². The molecule has 0 saturated heterocycles. The second-order valence-corrected chi connectivity index (χ2v) is 7.17. The smallest absolute Gasteiger partial charge is 0.224 e. The van der Waals surface area contributed by atoms with E-state index in [4.69, 9.17) is 0 Å². The van der Waals surface area contributed by atoms with E-state index in [1.54, 1.807) is 0 Å². The van der Waals surface area contributed by atoms with Gasteiger partial charge in [0.2, 0.25) is 5.91 Å². The molecule has 1 amide bonds. The summed E-state index contributed by atoms with van der Waals surface area (Å²) in [5, 5.41) is 5.59. The zero-order valence-corrected chi connectivity index (χ0v) is 13.6. The van der Waals surface area contributed by atoms with Gasteiger partial charge in [-0.2, -0.15) is 0 Å². The van der Waals surface area contributed by atoms with Gasteiger partial charge in [0.05, 0.1) is 6.42 Å². The molecule has 1 saturated carbocycles. The fraction of sp³-hybridized carbons (Fsp3) is 0.389. The summed E-state index contributed by atoms with van der Waals surface area (Å²) in [6.07, 6.45) is 4.94. The Balaban J connectivity index is 1.60. The van der Waals surface area contributed by atoms with E-state index in [1.165, 1.54) is 10.8 Å². The molecule has 2 nitrogen and oxygen atoms in total. The summed E-state index contributed by atoms with van der Waals surface area (Å²) >= 11 is 3.65. The Morgan fingerprint density at radius 3 is 2.52 bits per heavy atom. The molecule has 2 aromatic carbocycles. The molecule has 0 bridgehead atoms. The molecule has 0 heterocycles. The lowest BCUT2D eigenvalue weighted by Crippen LogP contribution is -2.38. The molecule has 1 N–H and O–H groups in total. The number of amides is 1. The summed E-state index contributed by atoms with van der Waals surface area (Å²) in [5.74, 6) is 0.142. The van der Waals surface area contributed by atoms with Gasteiger partial charge in [0.25, 0.3) is 0 Å². The Bertz CT molecular complexity index is 632. The van der Waals surface area contributed by atoms with Crippen LogP contribution in [0.4, 0.5) is 0 Å². The van der Waals surface area contributed by atoms with Crippen molar-refractivity contribution in [1.29, 1.82) is 0 Å². The molecular formula is C18H20BrNO. The van der Waals surface area contributed by atoms with Crippen molar-refractivity contribution in [3.63, 3.8) is 0 Å². The maximum atomic E-state index is 12.2. The van der Waals surface area contributed by atoms with Crippen molar-refractivity contribution in [1.82, 2.24) is 5.32 Å². The van der Waals surface area contributed by atoms with Gasteiger partial charge in [-0.25, -0.2) is 0 Å². The topological polar surface area (TPSA) is 29.1 Å². The van der Waals surface area contributed by atoms with E-state index in [9.17, 15) is 4.79 Å². The molecule has 0 atom stereocenters. The highest BCUT2D eigenvalue weighted by molar-refractivity contribution is 9.09. The van der Waals surface area contributed by atoms with Crippen molar-refractivity contribution in [2.45, 2.75) is 43.0 Å². The highest BCUT2D eigenvalue weighted by atomic mass is 79.9. The molecule has 21 heavy (non-hydrogen) atoms. The predicted molar refractivity (Wildman–Crippen MR) is 90.8 cm³/mol. The highest BCUT2D eigenvalue weighted by Crippen LogP contribution is 2.24. The Morgan fingerprint density at radius 1 is 1.05 bits per heavy atom. The first-order valence-corrected chi connectivity index (χ1v) is 8.53. The van der Waals surface area contributed by atoms with Crippen molar-refractivity contribution in [2.75, 3.05) is 0 Å². The van der Waals surface area contributed by atoms with Gasteiger partial charge in [-0.15, -0.1) is 0 Å². The Kier molecular flexibility index (Phi) is 4.59. The van der Waals surface area contributed by atoms with Crippen molar-refractivity contribution >= 4 is 32.6 Å². The van der Waals surface area contributed by atoms with Crippen LogP contribution in [0.1, 0.15) is 31.2 Å². The third kappa shape index (κ3) is 3.85. The number of nitrogens with one attached hydrogen (secondary N) is 1. The van der Waals surface area contributed by atoms with Gasteiger partial charge in [-0.1, -0.05) is 58.4 Å². The maximum absolute atomic E-state index is 12.2. The van der Waals surface area contributed by atoms with Gasteiger partial charge in [-0.3, -0.25) is 4.79 Å². The summed E-state index contributed by atoms with van der Waals surface area (Å²) < 4.78 is 0. The van der Waals surface area contributed by atoms with Crippen LogP contribution in [0, 0.1) is 0 Å². The summed E-state index contributed by atoms with van der Waals surface area (Å²) in [5.41, 5.74) is 1.08. The third-order valence-electron chi connectivity index (χ3n) is 4.20. The first kappa shape index (κ1) is 14.6. The van der Waals surface area contributed by atoms with Crippen LogP contribution in [-0.2, 0) is 11.2 Å². The molecule has 0 aromatic heterocycles. The molecule has 0 unspecified atom stereocenters. The summed E-state index contributed by atoms with van der Waals surface area (Å²) in [7, 11) is 0. The normalized spacial score (nSPS) is 22.1. The fourth-order valence-corrected chi connectivity index (χ4v) is 3.54. The molecular weight excluding hydrogens is 326 g/mol. The standard InChI is InChI=1S/C18H20BrNO/c19-16-7-9-17(10-8-16)20-18(21)12-13-5-6-14-3-1-2-4-15(14)11-13/h1-6,11,16-17H,7-10,12H2,(H,20,21). The average Bonchev–Trinajstić information content (AvgIpc) is 2.49. The number of fused-ring (bicyclic) bond motifs is 1. The van der Waals surface area contributed by atoms with E-state index in [0.717, 1.165) is 31.2 Å². The second kappa shape index (κ2) is 6.61. The molecule has 0 radical (unpaired) electrons. The van der Waals surface area contributed by atoms with Crippen LogP contribution in [0.5, 0.6) is 0 Å². The number of carbonyl (C=O) groups is 1. The molecule has 3 rings (SSSR count). The maximum Gasteiger partial charge on any atom is 0.224 e. The van der Waals surface area contributed by atoms with Crippen LogP contribution in [0.25, 0.3) is 10.8 Å². The lowest BCUT2D eigenvalue weighted by Gasteiger charge is -2.26. The molecule has 0 aliphatic heterocycles. The van der Waals surface area contributed by atoms with Gasteiger partial charge in [0, 0.05) is 10.9 Å². The van der Waals surface area contributed by atoms with Gasteiger partial charge >= 0.3 is 0 Å². The lowest BCUT2D eigenvalue weighted by molar-refractivity contribution is -0.121. The monoisotopic (exact) mass is 345 g/mol. The zero-order chi connectivity index (χ0) is 14.7. The molecule has 110 valence electrons. The van der Waals surface area contributed by atoms with E-state index in [0.29, 0.717) is 17.3 Å². The highest BCUT2D eigenvalue weighted by Gasteiger charge is 2.20. The predicted octanol–water partition coefficient (Wildman–Crippen LogP) is 4.20. The van der Waals surface area contributed by atoms with Crippen LogP contribution in [-0.4, -0.2) is 16.8 Å². The number of hydrogen-bond donors (Lipinski definition) is 1. The summed E-state index contributed by atoms with van der Waals surface area (Å²) in [6.45, 7) is 0. The third-order valence-corrected chi connectivity index (χ3v) is 5.12. The fourth-order valence-electron chi connectivity index (χ4n) is 3.01. The molecule has 1 aliphatic rings. The first-order chi connectivity index (χ1) is 10.2. The Hall–Kier alpha value is -1.35. The number of halogens is 1. The lowest BCUT2D eigenvalue weighted by atomic mass is 9.95. The van der Waals surface area contributed by atoms with Gasteiger partial charge in [0.15, 0.2) is 0 Å². The van der Waals surface area contributed by atoms with Gasteiger partial charge in [-0.05, 0) is 42.0 Å². The molecule has 1 fully saturated rings. The van der Waals surface area contributed by atoms with E-state index >= 15 is 0 Å². The number of carbonyl (C=O) groups excluding carboxylic acids is 1. The number of alkyl halides is 1. The van der Waals surface area contributed by atoms with Crippen molar-refractivity contribution in [3.05, 3.63) is 48.0 Å². The molecule has 1 aliphatic carbocycles. The van der Waals surface area contributed by atoms with Gasteiger partial charge < -0.3 is 5.32 Å². The first-order valence-electron chi connectivity index (χ1n) is 7.62. The van der Waals surface area contributed by atoms with Crippen molar-refractivity contribution in [2.24, 2.45) is 0 Å². The van der Waals surface area contributed by atoms with Crippen LogP contribution < -0.4 is 5.32 Å². The van der Waals surface area contributed by atoms with Crippen molar-refractivity contribution in [3.8, 4) is 0 Å². The second-order valence-electron chi connectivity index (χ2n) is 5.87. The van der Waals surface area contributed by atoms with Crippen LogP contribution in [0.2, 0.25) is 0 Å². The Labute approximate surface area is 134 Å². The molecule has 2 aromatic rings. The van der Waals surface area contributed by atoms with Crippen LogP contribution in [0.3, 0.4) is 0 Å². The zero-order valence-electron chi connectivity index (χ0n) is 12.0. The molecule has 0 spiro atoms. The summed E-state index contributed by atoms with van der Waals surface area (Å²) in [4.78, 5) is 12.8. The number of hydrogen-bond acceptors (Lipinski definition) is 1. The largest absolute Gasteiger partial charge is 0.353 e. The number of rotatable bonds is 3. The minimum Gasteiger partial charge on any atom is -0.353 e. The van der Waals surface area contributed by atoms with E-state index in [1.807, 2.05) is 12.1 Å². The van der Waals surface area contributed by atoms with E-state index in [2.05, 4.69) is 51.6 Å². The quantitative estimate of drug-likeness (QED) is 0.829.